The van der Waals surface area contributed by atoms with Gasteiger partial charge in [-0.05, 0) is 44.9 Å². The van der Waals surface area contributed by atoms with Gasteiger partial charge >= 0.3 is 0 Å². The Morgan fingerprint density at radius 3 is 2.40 bits per heavy atom. The summed E-state index contributed by atoms with van der Waals surface area (Å²) >= 11 is 5.50. The van der Waals surface area contributed by atoms with Crippen LogP contribution in [0.15, 0.2) is 18.2 Å². The average Bonchev–Trinajstić information content (AvgIpc) is 2.60. The fraction of sp³-hybridized carbons (Fsp3) is 0.611. The van der Waals surface area contributed by atoms with Crippen molar-refractivity contribution in [2.24, 2.45) is 0 Å². The second kappa shape index (κ2) is 11.8. The molecule has 1 aromatic rings. The standard InChI is InChI=1S/C18H31N3O3S/c1-6-10-21(18(25)19-9-11-20(2)3)12-13-24-15-7-8-16(22-4)17(14-15)23-5/h7-8,14H,6,9-13H2,1-5H3,(H,19,25). The lowest BCUT2D eigenvalue weighted by Crippen LogP contribution is -2.44. The predicted octanol–water partition coefficient (Wildman–Crippen LogP) is 2.23. The van der Waals surface area contributed by atoms with Crippen molar-refractivity contribution < 1.29 is 14.2 Å². The maximum Gasteiger partial charge on any atom is 0.169 e. The van der Waals surface area contributed by atoms with Crippen LogP contribution in [0, 0.1) is 0 Å². The summed E-state index contributed by atoms with van der Waals surface area (Å²) in [5, 5.41) is 4.08. The van der Waals surface area contributed by atoms with Crippen molar-refractivity contribution >= 4 is 17.3 Å². The minimum Gasteiger partial charge on any atom is -0.493 e. The molecule has 0 saturated carbocycles. The number of methoxy groups -OCH3 is 2. The Hall–Kier alpha value is -1.73. The van der Waals surface area contributed by atoms with E-state index in [4.69, 9.17) is 26.4 Å². The summed E-state index contributed by atoms with van der Waals surface area (Å²) in [5.41, 5.74) is 0. The van der Waals surface area contributed by atoms with E-state index in [1.807, 2.05) is 32.3 Å². The zero-order valence-corrected chi connectivity index (χ0v) is 16.8. The molecule has 0 amide bonds. The molecule has 25 heavy (non-hydrogen) atoms. The van der Waals surface area contributed by atoms with E-state index >= 15 is 0 Å². The van der Waals surface area contributed by atoms with Crippen molar-refractivity contribution in [2.45, 2.75) is 13.3 Å². The number of benzene rings is 1. The van der Waals surface area contributed by atoms with Crippen molar-refractivity contribution in [2.75, 3.05) is 61.1 Å². The van der Waals surface area contributed by atoms with Crippen LogP contribution < -0.4 is 19.5 Å². The number of thiocarbonyl (C=S) groups is 1. The number of ether oxygens (including phenoxy) is 3. The quantitative estimate of drug-likeness (QED) is 0.600. The minimum atomic E-state index is 0.547. The van der Waals surface area contributed by atoms with Crippen LogP contribution in [0.25, 0.3) is 0 Å². The van der Waals surface area contributed by atoms with Crippen LogP contribution in [-0.2, 0) is 0 Å². The van der Waals surface area contributed by atoms with Gasteiger partial charge in [-0.25, -0.2) is 0 Å². The summed E-state index contributed by atoms with van der Waals surface area (Å²) in [6.45, 7) is 6.11. The van der Waals surface area contributed by atoms with Crippen LogP contribution in [0.5, 0.6) is 17.2 Å². The van der Waals surface area contributed by atoms with Gasteiger partial charge in [-0.3, -0.25) is 0 Å². The van der Waals surface area contributed by atoms with Gasteiger partial charge in [0.25, 0.3) is 0 Å². The maximum atomic E-state index is 5.84. The molecule has 1 N–H and O–H groups in total. The van der Waals surface area contributed by atoms with Crippen LogP contribution in [0.4, 0.5) is 0 Å². The van der Waals surface area contributed by atoms with Crippen LogP contribution in [-0.4, -0.2) is 76.0 Å². The van der Waals surface area contributed by atoms with E-state index in [0.29, 0.717) is 18.1 Å². The fourth-order valence-electron chi connectivity index (χ4n) is 2.26. The topological polar surface area (TPSA) is 46.2 Å². The SMILES string of the molecule is CCCN(CCOc1ccc(OC)c(OC)c1)C(=S)NCCN(C)C. The summed E-state index contributed by atoms with van der Waals surface area (Å²) in [4.78, 5) is 4.27. The molecule has 7 heteroatoms. The highest BCUT2D eigenvalue weighted by Crippen LogP contribution is 2.30. The molecule has 0 aliphatic carbocycles. The molecule has 0 heterocycles. The largest absolute Gasteiger partial charge is 0.493 e. The number of hydrogen-bond donors (Lipinski definition) is 1. The molecule has 0 radical (unpaired) electrons. The van der Waals surface area contributed by atoms with Crippen molar-refractivity contribution in [3.63, 3.8) is 0 Å². The average molecular weight is 370 g/mol. The summed E-state index contributed by atoms with van der Waals surface area (Å²) in [5.74, 6) is 2.10. The Morgan fingerprint density at radius 2 is 1.80 bits per heavy atom. The van der Waals surface area contributed by atoms with Gasteiger partial charge in [0.05, 0.1) is 20.8 Å². The van der Waals surface area contributed by atoms with E-state index in [9.17, 15) is 0 Å². The highest BCUT2D eigenvalue weighted by molar-refractivity contribution is 7.80. The lowest BCUT2D eigenvalue weighted by atomic mass is 10.3. The van der Waals surface area contributed by atoms with E-state index in [0.717, 1.165) is 43.5 Å². The third kappa shape index (κ3) is 7.79. The Bertz CT molecular complexity index is 526. The number of rotatable bonds is 11. The Balaban J connectivity index is 2.50. The highest BCUT2D eigenvalue weighted by atomic mass is 32.1. The molecular weight excluding hydrogens is 338 g/mol. The zero-order chi connectivity index (χ0) is 18.7. The minimum absolute atomic E-state index is 0.547. The Morgan fingerprint density at radius 1 is 1.08 bits per heavy atom. The van der Waals surface area contributed by atoms with Gasteiger partial charge in [-0.15, -0.1) is 0 Å². The second-order valence-electron chi connectivity index (χ2n) is 5.89. The van der Waals surface area contributed by atoms with Crippen LogP contribution in [0.2, 0.25) is 0 Å². The van der Waals surface area contributed by atoms with Gasteiger partial charge in [0.15, 0.2) is 16.6 Å². The molecule has 1 aromatic carbocycles. The third-order valence-corrected chi connectivity index (χ3v) is 4.00. The highest BCUT2D eigenvalue weighted by Gasteiger charge is 2.10. The second-order valence-corrected chi connectivity index (χ2v) is 6.27. The third-order valence-electron chi connectivity index (χ3n) is 3.60. The molecule has 0 bridgehead atoms. The number of nitrogens with zero attached hydrogens (tertiary/aromatic N) is 2. The molecule has 6 nitrogen and oxygen atoms in total. The monoisotopic (exact) mass is 369 g/mol. The molecule has 0 aliphatic rings. The van der Waals surface area contributed by atoms with Crippen LogP contribution in [0.1, 0.15) is 13.3 Å². The first-order chi connectivity index (χ1) is 12.0. The van der Waals surface area contributed by atoms with Crippen molar-refractivity contribution in [1.82, 2.24) is 15.1 Å². The van der Waals surface area contributed by atoms with E-state index in [2.05, 4.69) is 22.0 Å². The first kappa shape index (κ1) is 21.3. The summed E-state index contributed by atoms with van der Waals surface area (Å²) in [7, 11) is 7.32. The number of nitrogens with one attached hydrogen (secondary N) is 1. The normalized spacial score (nSPS) is 10.5. The summed E-state index contributed by atoms with van der Waals surface area (Å²) < 4.78 is 16.4. The Kier molecular flexibility index (Phi) is 10.0. The molecule has 0 aromatic heterocycles. The van der Waals surface area contributed by atoms with E-state index in [1.165, 1.54) is 0 Å². The van der Waals surface area contributed by atoms with Crippen LogP contribution >= 0.6 is 12.2 Å². The van der Waals surface area contributed by atoms with Gasteiger partial charge in [0, 0.05) is 25.7 Å². The summed E-state index contributed by atoms with van der Waals surface area (Å²) in [6, 6.07) is 5.54. The van der Waals surface area contributed by atoms with E-state index in [1.54, 1.807) is 14.2 Å². The maximum absolute atomic E-state index is 5.84. The van der Waals surface area contributed by atoms with Gasteiger partial charge < -0.3 is 29.3 Å². The van der Waals surface area contributed by atoms with Crippen molar-refractivity contribution in [1.29, 1.82) is 0 Å². The van der Waals surface area contributed by atoms with Gasteiger partial charge in [0.1, 0.15) is 12.4 Å². The molecule has 0 spiro atoms. The van der Waals surface area contributed by atoms with Crippen LogP contribution in [0.3, 0.4) is 0 Å². The molecule has 0 unspecified atom stereocenters. The first-order valence-electron chi connectivity index (χ1n) is 8.54. The Labute approximate surface area is 157 Å². The zero-order valence-electron chi connectivity index (χ0n) is 16.0. The molecular formula is C18H31N3O3S. The lowest BCUT2D eigenvalue weighted by Gasteiger charge is -2.26. The number of likely N-dealkylation sites (N-methyl/N-ethyl adjacent to an activating group) is 1. The summed E-state index contributed by atoms with van der Waals surface area (Å²) in [6.07, 6.45) is 1.03. The lowest BCUT2D eigenvalue weighted by molar-refractivity contribution is 0.264. The molecule has 1 rings (SSSR count). The molecule has 0 aliphatic heterocycles. The predicted molar refractivity (Wildman–Crippen MR) is 106 cm³/mol. The molecule has 0 fully saturated rings. The van der Waals surface area contributed by atoms with E-state index in [-0.39, 0.29) is 0 Å². The van der Waals surface area contributed by atoms with Gasteiger partial charge in [-0.2, -0.15) is 0 Å². The fourth-order valence-corrected chi connectivity index (χ4v) is 2.55. The first-order valence-corrected chi connectivity index (χ1v) is 8.95. The van der Waals surface area contributed by atoms with Crippen molar-refractivity contribution in [3.05, 3.63) is 18.2 Å². The smallest absolute Gasteiger partial charge is 0.169 e. The molecule has 142 valence electrons. The number of hydrogen-bond acceptors (Lipinski definition) is 5. The van der Waals surface area contributed by atoms with E-state index < -0.39 is 0 Å². The van der Waals surface area contributed by atoms with Gasteiger partial charge in [0.2, 0.25) is 0 Å². The van der Waals surface area contributed by atoms with Crippen molar-refractivity contribution in [3.8, 4) is 17.2 Å². The molecule has 0 atom stereocenters. The molecule has 0 saturated heterocycles. The van der Waals surface area contributed by atoms with Gasteiger partial charge in [-0.1, -0.05) is 6.92 Å².